The number of piperidine rings is 1. The smallest absolute Gasteiger partial charge is 0.219 e. The molecule has 7 heteroatoms. The van der Waals surface area contributed by atoms with Crippen LogP contribution in [0.1, 0.15) is 43.5 Å². The van der Waals surface area contributed by atoms with Gasteiger partial charge in [0, 0.05) is 58.9 Å². The molecule has 2 amide bonds. The molecule has 0 aliphatic carbocycles. The summed E-state index contributed by atoms with van der Waals surface area (Å²) in [5.74, 6) is 0.839. The van der Waals surface area contributed by atoms with Crippen molar-refractivity contribution in [2.24, 2.45) is 5.92 Å². The van der Waals surface area contributed by atoms with Crippen molar-refractivity contribution in [2.75, 3.05) is 19.6 Å². The van der Waals surface area contributed by atoms with Crippen molar-refractivity contribution in [2.45, 2.75) is 45.3 Å². The first kappa shape index (κ1) is 19.6. The molecule has 2 fully saturated rings. The number of aromatic nitrogens is 1. The van der Waals surface area contributed by atoms with Gasteiger partial charge in [0.25, 0.3) is 0 Å². The van der Waals surface area contributed by atoms with Gasteiger partial charge in [-0.1, -0.05) is 30.3 Å². The van der Waals surface area contributed by atoms with Crippen molar-refractivity contribution in [1.29, 1.82) is 0 Å². The van der Waals surface area contributed by atoms with E-state index in [-0.39, 0.29) is 23.8 Å². The molecule has 4 rings (SSSR count). The summed E-state index contributed by atoms with van der Waals surface area (Å²) in [6, 6.07) is 10.5. The fourth-order valence-electron chi connectivity index (χ4n) is 5.18. The number of hydrogen-bond acceptors (Lipinski definition) is 5. The molecule has 2 aliphatic rings. The van der Waals surface area contributed by atoms with Gasteiger partial charge < -0.3 is 14.6 Å². The second kappa shape index (κ2) is 7.63. The highest BCUT2D eigenvalue weighted by Gasteiger charge is 2.56. The number of nitrogens with one attached hydrogen (secondary N) is 1. The van der Waals surface area contributed by atoms with Crippen LogP contribution in [-0.2, 0) is 16.1 Å². The highest BCUT2D eigenvalue weighted by Crippen LogP contribution is 2.48. The van der Waals surface area contributed by atoms with Gasteiger partial charge in [0.1, 0.15) is 6.26 Å². The van der Waals surface area contributed by atoms with Gasteiger partial charge in [0.05, 0.1) is 11.2 Å². The minimum atomic E-state index is -0.477. The second-order valence-corrected chi connectivity index (χ2v) is 8.29. The summed E-state index contributed by atoms with van der Waals surface area (Å²) in [4.78, 5) is 33.0. The van der Waals surface area contributed by atoms with Gasteiger partial charge >= 0.3 is 0 Å². The zero-order valence-corrected chi connectivity index (χ0v) is 17.2. The fraction of sp³-hybridized carbons (Fsp3) is 0.500. The number of likely N-dealkylation sites (tertiary alicyclic amines) is 2. The van der Waals surface area contributed by atoms with E-state index in [0.29, 0.717) is 32.1 Å². The topological polar surface area (TPSA) is 78.7 Å². The van der Waals surface area contributed by atoms with Gasteiger partial charge in [0.2, 0.25) is 11.8 Å². The van der Waals surface area contributed by atoms with Crippen LogP contribution in [0.25, 0.3) is 0 Å². The van der Waals surface area contributed by atoms with Crippen LogP contribution in [0.2, 0.25) is 0 Å². The fourth-order valence-corrected chi connectivity index (χ4v) is 5.18. The summed E-state index contributed by atoms with van der Waals surface area (Å²) in [7, 11) is 0. The van der Waals surface area contributed by atoms with Crippen molar-refractivity contribution >= 4 is 11.8 Å². The number of benzene rings is 1. The largest absolute Gasteiger partial charge is 0.449 e. The summed E-state index contributed by atoms with van der Waals surface area (Å²) in [5, 5.41) is 3.24. The van der Waals surface area contributed by atoms with Crippen LogP contribution in [0.5, 0.6) is 0 Å². The quantitative estimate of drug-likeness (QED) is 0.858. The standard InChI is InChI=1S/C22H28N4O3/c1-15(27)24-22-13-25(17(3)28)10-9-20(22)21(18-7-5-4-6-8-18)26(14-22)11-19-12-29-16(2)23-19/h4-8,12,20-21H,9-11,13-14H2,1-3H3,(H,24,27)/t20-,21-,22-/m1/s1. The Morgan fingerprint density at radius 2 is 2.00 bits per heavy atom. The van der Waals surface area contributed by atoms with Crippen LogP contribution in [0.4, 0.5) is 0 Å². The van der Waals surface area contributed by atoms with E-state index in [9.17, 15) is 9.59 Å². The maximum atomic E-state index is 12.2. The van der Waals surface area contributed by atoms with Gasteiger partial charge in [-0.25, -0.2) is 4.98 Å². The Morgan fingerprint density at radius 3 is 2.62 bits per heavy atom. The Bertz CT molecular complexity index is 896. The zero-order chi connectivity index (χ0) is 20.6. The normalized spacial score (nSPS) is 26.9. The van der Waals surface area contributed by atoms with Crippen molar-refractivity contribution in [3.05, 3.63) is 53.7 Å². The Labute approximate surface area is 171 Å². The molecule has 2 aromatic rings. The number of rotatable bonds is 4. The highest BCUT2D eigenvalue weighted by molar-refractivity contribution is 5.76. The SMILES string of the molecule is CC(=O)N[C@@]12CN(C(C)=O)CC[C@@H]1[C@@H](c1ccccc1)N(Cc1coc(C)n1)C2. The molecule has 2 saturated heterocycles. The van der Waals surface area contributed by atoms with Crippen LogP contribution in [0.3, 0.4) is 0 Å². The van der Waals surface area contributed by atoms with Crippen LogP contribution in [0, 0.1) is 12.8 Å². The molecule has 3 atom stereocenters. The Balaban J connectivity index is 1.73. The van der Waals surface area contributed by atoms with E-state index < -0.39 is 5.54 Å². The molecule has 1 aromatic carbocycles. The monoisotopic (exact) mass is 396 g/mol. The molecular formula is C22H28N4O3. The number of carbonyl (C=O) groups excluding carboxylic acids is 2. The second-order valence-electron chi connectivity index (χ2n) is 8.29. The van der Waals surface area contributed by atoms with Gasteiger partial charge in [-0.3, -0.25) is 14.5 Å². The van der Waals surface area contributed by atoms with Gasteiger partial charge in [-0.2, -0.15) is 0 Å². The first-order valence-electron chi connectivity index (χ1n) is 10.1. The molecular weight excluding hydrogens is 368 g/mol. The number of nitrogens with zero attached hydrogens (tertiary/aromatic N) is 3. The van der Waals surface area contributed by atoms with E-state index in [2.05, 4.69) is 39.5 Å². The first-order chi connectivity index (χ1) is 13.9. The predicted octanol–water partition coefficient (Wildman–Crippen LogP) is 2.28. The molecule has 7 nitrogen and oxygen atoms in total. The number of carbonyl (C=O) groups is 2. The highest BCUT2D eigenvalue weighted by atomic mass is 16.3. The zero-order valence-electron chi connectivity index (χ0n) is 17.2. The number of aryl methyl sites for hydroxylation is 1. The predicted molar refractivity (Wildman–Crippen MR) is 108 cm³/mol. The molecule has 0 spiro atoms. The van der Waals surface area contributed by atoms with E-state index in [1.807, 2.05) is 17.9 Å². The Hall–Kier alpha value is -2.67. The molecule has 1 aromatic heterocycles. The molecule has 0 unspecified atom stereocenters. The van der Waals surface area contributed by atoms with Crippen molar-refractivity contribution in [3.63, 3.8) is 0 Å². The summed E-state index contributed by atoms with van der Waals surface area (Å²) >= 11 is 0. The van der Waals surface area contributed by atoms with Gasteiger partial charge in [-0.15, -0.1) is 0 Å². The lowest BCUT2D eigenvalue weighted by Gasteiger charge is -2.45. The molecule has 29 heavy (non-hydrogen) atoms. The summed E-state index contributed by atoms with van der Waals surface area (Å²) in [5.41, 5.74) is 1.62. The van der Waals surface area contributed by atoms with Crippen molar-refractivity contribution < 1.29 is 14.0 Å². The molecule has 0 bridgehead atoms. The third-order valence-electron chi connectivity index (χ3n) is 6.20. The average Bonchev–Trinajstić information content (AvgIpc) is 3.21. The van der Waals surface area contributed by atoms with E-state index >= 15 is 0 Å². The molecule has 0 radical (unpaired) electrons. The maximum Gasteiger partial charge on any atom is 0.219 e. The first-order valence-corrected chi connectivity index (χ1v) is 10.1. The summed E-state index contributed by atoms with van der Waals surface area (Å²) < 4.78 is 5.41. The lowest BCUT2D eigenvalue weighted by molar-refractivity contribution is -0.134. The van der Waals surface area contributed by atoms with Crippen molar-refractivity contribution in [3.8, 4) is 0 Å². The third-order valence-corrected chi connectivity index (χ3v) is 6.20. The summed E-state index contributed by atoms with van der Waals surface area (Å²) in [6.45, 7) is 7.53. The Morgan fingerprint density at radius 1 is 1.24 bits per heavy atom. The molecule has 154 valence electrons. The number of amides is 2. The lowest BCUT2D eigenvalue weighted by Crippen LogP contribution is -2.64. The Kier molecular flexibility index (Phi) is 5.17. The van der Waals surface area contributed by atoms with E-state index in [1.54, 1.807) is 20.1 Å². The van der Waals surface area contributed by atoms with E-state index in [1.165, 1.54) is 5.56 Å². The van der Waals surface area contributed by atoms with Crippen LogP contribution in [-0.4, -0.2) is 51.8 Å². The van der Waals surface area contributed by atoms with Crippen LogP contribution >= 0.6 is 0 Å². The summed E-state index contributed by atoms with van der Waals surface area (Å²) in [6.07, 6.45) is 2.54. The van der Waals surface area contributed by atoms with Crippen LogP contribution in [0.15, 0.2) is 41.0 Å². The molecule has 1 N–H and O–H groups in total. The van der Waals surface area contributed by atoms with E-state index in [0.717, 1.165) is 12.1 Å². The van der Waals surface area contributed by atoms with Gasteiger partial charge in [-0.05, 0) is 12.0 Å². The molecule has 0 saturated carbocycles. The molecule has 2 aliphatic heterocycles. The van der Waals surface area contributed by atoms with Crippen LogP contribution < -0.4 is 5.32 Å². The van der Waals surface area contributed by atoms with Crippen molar-refractivity contribution in [1.82, 2.24) is 20.1 Å². The van der Waals surface area contributed by atoms with E-state index in [4.69, 9.17) is 4.42 Å². The lowest BCUT2D eigenvalue weighted by atomic mass is 9.75. The third kappa shape index (κ3) is 3.79. The number of hydrogen-bond donors (Lipinski definition) is 1. The minimum Gasteiger partial charge on any atom is -0.449 e. The minimum absolute atomic E-state index is 0.0509. The van der Waals surface area contributed by atoms with Gasteiger partial charge in [0.15, 0.2) is 5.89 Å². The number of oxazole rings is 1. The number of fused-ring (bicyclic) bond motifs is 1. The maximum absolute atomic E-state index is 12.2. The average molecular weight is 396 g/mol. The molecule has 3 heterocycles.